The fraction of sp³-hybridized carbons (Fsp3) is 0.286. The number of nitriles is 1. The van der Waals surface area contributed by atoms with Gasteiger partial charge in [0.1, 0.15) is 22.8 Å². The summed E-state index contributed by atoms with van der Waals surface area (Å²) in [4.78, 5) is 0. The Hall–Kier alpha value is -3.14. The smallest absolute Gasteiger partial charge is 0.374 e. The van der Waals surface area contributed by atoms with Crippen LogP contribution in [0.4, 0.5) is 13.2 Å². The van der Waals surface area contributed by atoms with Crippen LogP contribution in [0.3, 0.4) is 0 Å². The molecule has 0 fully saturated rings. The van der Waals surface area contributed by atoms with Crippen LogP contribution in [0, 0.1) is 11.3 Å². The lowest BCUT2D eigenvalue weighted by Gasteiger charge is -2.11. The Balaban J connectivity index is 2.20. The minimum atomic E-state index is -5.94. The van der Waals surface area contributed by atoms with Crippen LogP contribution in [-0.2, 0) is 10.1 Å². The van der Waals surface area contributed by atoms with Gasteiger partial charge in [0.2, 0.25) is 0 Å². The van der Waals surface area contributed by atoms with Gasteiger partial charge in [-0.05, 0) is 19.9 Å². The molecule has 0 spiro atoms. The highest BCUT2D eigenvalue weighted by Crippen LogP contribution is 2.33. The molecule has 3 aromatic heterocycles. The summed E-state index contributed by atoms with van der Waals surface area (Å²) in [5.74, 6) is -0.696. The number of fused-ring (bicyclic) bond motifs is 1. The summed E-state index contributed by atoms with van der Waals surface area (Å²) in [5.41, 5.74) is -5.54. The van der Waals surface area contributed by atoms with Gasteiger partial charge >= 0.3 is 15.6 Å². The Morgan fingerprint density at radius 3 is 2.56 bits per heavy atom. The van der Waals surface area contributed by atoms with Crippen molar-refractivity contribution in [2.24, 2.45) is 0 Å². The summed E-state index contributed by atoms with van der Waals surface area (Å²) < 4.78 is 67.9. The molecule has 0 unspecified atom stereocenters. The third kappa shape index (κ3) is 3.31. The third-order valence-corrected chi connectivity index (χ3v) is 4.48. The Labute approximate surface area is 150 Å². The van der Waals surface area contributed by atoms with Gasteiger partial charge in [-0.25, -0.2) is 9.20 Å². The van der Waals surface area contributed by atoms with Gasteiger partial charge in [0, 0.05) is 17.8 Å². The van der Waals surface area contributed by atoms with Gasteiger partial charge in [0.25, 0.3) is 0 Å². The molecule has 0 atom stereocenters. The fourth-order valence-electron chi connectivity index (χ4n) is 2.20. The van der Waals surface area contributed by atoms with Gasteiger partial charge in [-0.3, -0.25) is 0 Å². The van der Waals surface area contributed by atoms with Crippen molar-refractivity contribution in [2.75, 3.05) is 0 Å². The number of nitrogens with zero attached hydrogens (tertiary/aromatic N) is 6. The zero-order valence-electron chi connectivity index (χ0n) is 13.8. The number of alkyl halides is 3. The highest BCUT2D eigenvalue weighted by Gasteiger charge is 2.49. The number of hydrogen-bond acceptors (Lipinski definition) is 7. The number of halogens is 3. The maximum absolute atomic E-state index is 12.7. The molecule has 3 aromatic rings. The molecule has 0 aliphatic carbocycles. The minimum Gasteiger partial charge on any atom is -0.374 e. The van der Waals surface area contributed by atoms with E-state index in [1.807, 2.05) is 13.8 Å². The Morgan fingerprint density at radius 2 is 2.00 bits per heavy atom. The van der Waals surface area contributed by atoms with Crippen molar-refractivity contribution in [1.82, 2.24) is 24.6 Å². The first-order chi connectivity index (χ1) is 12.5. The molecule has 27 heavy (non-hydrogen) atoms. The second kappa shape index (κ2) is 6.23. The lowest BCUT2D eigenvalue weighted by molar-refractivity contribution is -0.0499. The molecule has 13 heteroatoms. The largest absolute Gasteiger partial charge is 0.534 e. The Kier molecular flexibility index (Phi) is 4.31. The first kappa shape index (κ1) is 18.6. The second-order valence-corrected chi connectivity index (χ2v) is 7.25. The van der Waals surface area contributed by atoms with E-state index in [0.717, 1.165) is 16.8 Å². The number of rotatable bonds is 4. The van der Waals surface area contributed by atoms with E-state index in [-0.39, 0.29) is 28.4 Å². The van der Waals surface area contributed by atoms with E-state index in [1.54, 1.807) is 6.07 Å². The first-order valence-corrected chi connectivity index (χ1v) is 8.79. The molecule has 0 N–H and O–H groups in total. The summed E-state index contributed by atoms with van der Waals surface area (Å²) in [6, 6.07) is 2.74. The number of pyridine rings is 1. The number of aromatic nitrogens is 5. The highest BCUT2D eigenvalue weighted by atomic mass is 32.2. The molecule has 9 nitrogen and oxygen atoms in total. The van der Waals surface area contributed by atoms with E-state index in [0.29, 0.717) is 0 Å². The summed E-state index contributed by atoms with van der Waals surface area (Å²) in [5, 5.41) is 20.7. The van der Waals surface area contributed by atoms with Gasteiger partial charge in [-0.1, -0.05) is 5.21 Å². The summed E-state index contributed by atoms with van der Waals surface area (Å²) in [6.45, 7) is 3.69. The van der Waals surface area contributed by atoms with E-state index in [9.17, 15) is 21.6 Å². The highest BCUT2D eigenvalue weighted by molar-refractivity contribution is 7.88. The average Bonchev–Trinajstić information content (AvgIpc) is 3.20. The number of hydrogen-bond donors (Lipinski definition) is 0. The SMILES string of the molecule is CC(C)n1cc(-c2cc(OS(=O)(=O)C(F)(F)F)c3c(C#N)cnn3c2)nn1. The Morgan fingerprint density at radius 1 is 1.30 bits per heavy atom. The maximum Gasteiger partial charge on any atom is 0.534 e. The normalized spacial score (nSPS) is 12.5. The molecule has 0 saturated heterocycles. The van der Waals surface area contributed by atoms with Crippen molar-refractivity contribution in [3.8, 4) is 23.1 Å². The third-order valence-electron chi connectivity index (χ3n) is 3.52. The predicted molar refractivity (Wildman–Crippen MR) is 84.9 cm³/mol. The van der Waals surface area contributed by atoms with Crippen molar-refractivity contribution < 1.29 is 25.8 Å². The average molecular weight is 400 g/mol. The molecule has 0 aliphatic rings. The molecule has 0 aromatic carbocycles. The topological polar surface area (TPSA) is 115 Å². The summed E-state index contributed by atoms with van der Waals surface area (Å²) in [6.07, 6.45) is 3.98. The summed E-state index contributed by atoms with van der Waals surface area (Å²) in [7, 11) is -5.94. The predicted octanol–water partition coefficient (Wildman–Crippen LogP) is 2.27. The zero-order chi connectivity index (χ0) is 20.0. The van der Waals surface area contributed by atoms with Gasteiger partial charge < -0.3 is 4.18 Å². The fourth-order valence-corrected chi connectivity index (χ4v) is 2.65. The van der Waals surface area contributed by atoms with Crippen LogP contribution in [-0.4, -0.2) is 38.5 Å². The van der Waals surface area contributed by atoms with E-state index >= 15 is 0 Å². The summed E-state index contributed by atoms with van der Waals surface area (Å²) >= 11 is 0. The first-order valence-electron chi connectivity index (χ1n) is 7.38. The molecule has 0 amide bonds. The van der Waals surface area contributed by atoms with Crippen LogP contribution in [0.2, 0.25) is 0 Å². The van der Waals surface area contributed by atoms with Crippen LogP contribution >= 0.6 is 0 Å². The molecule has 3 heterocycles. The minimum absolute atomic E-state index is 0.0220. The van der Waals surface area contributed by atoms with Gasteiger partial charge in [0.15, 0.2) is 5.75 Å². The second-order valence-electron chi connectivity index (χ2n) is 5.72. The van der Waals surface area contributed by atoms with Crippen LogP contribution < -0.4 is 4.18 Å². The monoisotopic (exact) mass is 400 g/mol. The molecule has 0 aliphatic heterocycles. The Bertz CT molecular complexity index is 1160. The maximum atomic E-state index is 12.7. The van der Waals surface area contributed by atoms with Crippen molar-refractivity contribution in [3.63, 3.8) is 0 Å². The molecular weight excluding hydrogens is 389 g/mol. The van der Waals surface area contributed by atoms with Gasteiger partial charge in [0.05, 0.1) is 12.4 Å². The van der Waals surface area contributed by atoms with E-state index < -0.39 is 21.4 Å². The zero-order valence-corrected chi connectivity index (χ0v) is 14.7. The van der Waals surface area contributed by atoms with E-state index in [2.05, 4.69) is 19.6 Å². The van der Waals surface area contributed by atoms with E-state index in [1.165, 1.54) is 17.1 Å². The molecule has 0 saturated carbocycles. The van der Waals surface area contributed by atoms with E-state index in [4.69, 9.17) is 5.26 Å². The van der Waals surface area contributed by atoms with Crippen molar-refractivity contribution in [1.29, 1.82) is 5.26 Å². The lowest BCUT2D eigenvalue weighted by Crippen LogP contribution is -2.28. The van der Waals surface area contributed by atoms with Crippen LogP contribution in [0.25, 0.3) is 16.8 Å². The quantitative estimate of drug-likeness (QED) is 0.487. The van der Waals surface area contributed by atoms with Crippen LogP contribution in [0.15, 0.2) is 24.7 Å². The van der Waals surface area contributed by atoms with Crippen molar-refractivity contribution in [3.05, 3.63) is 30.2 Å². The molecule has 0 bridgehead atoms. The standard InChI is InChI=1S/C14H11F3N6O3S/c1-8(2)22-7-11(20-21-22)9-3-12(26-27(24,25)14(15,16)17)13-10(4-18)5-19-23(13)6-9/h3,5-8H,1-2H3. The molecule has 0 radical (unpaired) electrons. The molecular formula is C14H11F3N6O3S. The molecule has 3 rings (SSSR count). The van der Waals surface area contributed by atoms with Gasteiger partial charge in [-0.15, -0.1) is 5.10 Å². The van der Waals surface area contributed by atoms with Crippen molar-refractivity contribution in [2.45, 2.75) is 25.4 Å². The van der Waals surface area contributed by atoms with Crippen LogP contribution in [0.5, 0.6) is 5.75 Å². The van der Waals surface area contributed by atoms with Crippen molar-refractivity contribution >= 4 is 15.6 Å². The molecule has 142 valence electrons. The van der Waals surface area contributed by atoms with Crippen LogP contribution in [0.1, 0.15) is 25.5 Å². The lowest BCUT2D eigenvalue weighted by atomic mass is 10.2. The van der Waals surface area contributed by atoms with Gasteiger partial charge in [-0.2, -0.15) is 31.9 Å².